The van der Waals surface area contributed by atoms with Crippen LogP contribution in [0.1, 0.15) is 18.3 Å². The molecule has 18 heavy (non-hydrogen) atoms. The molecule has 2 rings (SSSR count). The molecular formula is C14H19N3O. The summed E-state index contributed by atoms with van der Waals surface area (Å²) in [6, 6.07) is 10.0. The minimum atomic E-state index is 0.745. The molecule has 0 spiro atoms. The van der Waals surface area contributed by atoms with Crippen LogP contribution in [0, 0.1) is 6.92 Å². The Morgan fingerprint density at radius 1 is 1.33 bits per heavy atom. The molecule has 1 aromatic heterocycles. The standard InChI is InChI=1S/C14H19N3O/c1-4-17-12(9-11(2)16-17)10-15-13-7-5-6-8-14(13)18-3/h5-9,15H,4,10H2,1-3H3. The number of benzene rings is 1. The van der Waals surface area contributed by atoms with Gasteiger partial charge in [-0.25, -0.2) is 0 Å². The molecule has 4 heteroatoms. The number of methoxy groups -OCH3 is 1. The van der Waals surface area contributed by atoms with Crippen LogP contribution in [-0.4, -0.2) is 16.9 Å². The Bertz CT molecular complexity index is 520. The van der Waals surface area contributed by atoms with Crippen LogP contribution in [0.25, 0.3) is 0 Å². The highest BCUT2D eigenvalue weighted by atomic mass is 16.5. The van der Waals surface area contributed by atoms with Gasteiger partial charge in [0.2, 0.25) is 0 Å². The Morgan fingerprint density at radius 3 is 2.83 bits per heavy atom. The molecule has 1 aromatic carbocycles. The number of nitrogens with one attached hydrogen (secondary N) is 1. The van der Waals surface area contributed by atoms with E-state index in [0.29, 0.717) is 0 Å². The van der Waals surface area contributed by atoms with Gasteiger partial charge in [0.25, 0.3) is 0 Å². The van der Waals surface area contributed by atoms with Crippen LogP contribution in [0.2, 0.25) is 0 Å². The Morgan fingerprint density at radius 2 is 2.11 bits per heavy atom. The summed E-state index contributed by atoms with van der Waals surface area (Å²) in [7, 11) is 1.68. The zero-order valence-corrected chi connectivity index (χ0v) is 11.1. The zero-order valence-electron chi connectivity index (χ0n) is 11.1. The van der Waals surface area contributed by atoms with E-state index in [1.54, 1.807) is 7.11 Å². The van der Waals surface area contributed by atoms with Crippen LogP contribution >= 0.6 is 0 Å². The number of rotatable bonds is 5. The van der Waals surface area contributed by atoms with E-state index in [1.807, 2.05) is 35.9 Å². The minimum absolute atomic E-state index is 0.745. The summed E-state index contributed by atoms with van der Waals surface area (Å²) < 4.78 is 7.32. The Hall–Kier alpha value is -1.97. The van der Waals surface area contributed by atoms with Crippen molar-refractivity contribution in [1.29, 1.82) is 0 Å². The molecule has 0 saturated heterocycles. The molecule has 0 amide bonds. The van der Waals surface area contributed by atoms with E-state index < -0.39 is 0 Å². The molecule has 0 saturated carbocycles. The van der Waals surface area contributed by atoms with Crippen molar-refractivity contribution in [1.82, 2.24) is 9.78 Å². The second kappa shape index (κ2) is 5.58. The lowest BCUT2D eigenvalue weighted by atomic mass is 10.3. The van der Waals surface area contributed by atoms with E-state index >= 15 is 0 Å². The Labute approximate surface area is 108 Å². The van der Waals surface area contributed by atoms with Crippen molar-refractivity contribution >= 4 is 5.69 Å². The van der Waals surface area contributed by atoms with Gasteiger partial charge in [0.05, 0.1) is 30.7 Å². The largest absolute Gasteiger partial charge is 0.495 e. The predicted molar refractivity (Wildman–Crippen MR) is 73.0 cm³/mol. The first kappa shape index (κ1) is 12.5. The lowest BCUT2D eigenvalue weighted by molar-refractivity contribution is 0.416. The number of aromatic nitrogens is 2. The highest BCUT2D eigenvalue weighted by Crippen LogP contribution is 2.23. The van der Waals surface area contributed by atoms with Gasteiger partial charge in [-0.2, -0.15) is 5.10 Å². The first-order valence-corrected chi connectivity index (χ1v) is 6.14. The summed E-state index contributed by atoms with van der Waals surface area (Å²) in [6.45, 7) is 5.74. The van der Waals surface area contributed by atoms with Crippen molar-refractivity contribution in [2.75, 3.05) is 12.4 Å². The van der Waals surface area contributed by atoms with Gasteiger partial charge in [-0.15, -0.1) is 0 Å². The molecule has 0 radical (unpaired) electrons. The molecule has 96 valence electrons. The van der Waals surface area contributed by atoms with Crippen molar-refractivity contribution < 1.29 is 4.74 Å². The van der Waals surface area contributed by atoms with Gasteiger partial charge in [-0.3, -0.25) is 4.68 Å². The maximum absolute atomic E-state index is 5.31. The lowest BCUT2D eigenvalue weighted by Gasteiger charge is -2.11. The molecule has 0 aliphatic heterocycles. The summed E-state index contributed by atoms with van der Waals surface area (Å²) >= 11 is 0. The highest BCUT2D eigenvalue weighted by molar-refractivity contribution is 5.56. The van der Waals surface area contributed by atoms with Crippen molar-refractivity contribution in [3.63, 3.8) is 0 Å². The molecule has 2 aromatic rings. The Balaban J connectivity index is 2.11. The second-order valence-electron chi connectivity index (χ2n) is 4.15. The first-order valence-electron chi connectivity index (χ1n) is 6.14. The molecule has 0 unspecified atom stereocenters. The van der Waals surface area contributed by atoms with Gasteiger partial charge < -0.3 is 10.1 Å². The van der Waals surface area contributed by atoms with E-state index in [9.17, 15) is 0 Å². The number of nitrogens with zero attached hydrogens (tertiary/aromatic N) is 2. The summed E-state index contributed by atoms with van der Waals surface area (Å²) in [6.07, 6.45) is 0. The third kappa shape index (κ3) is 2.64. The summed E-state index contributed by atoms with van der Waals surface area (Å²) in [5, 5.41) is 7.81. The Kier molecular flexibility index (Phi) is 3.87. The molecule has 0 bridgehead atoms. The van der Waals surface area contributed by atoms with Crippen LogP contribution < -0.4 is 10.1 Å². The summed E-state index contributed by atoms with van der Waals surface area (Å²) in [5.41, 5.74) is 3.23. The molecule has 0 aliphatic carbocycles. The van der Waals surface area contributed by atoms with E-state index in [-0.39, 0.29) is 0 Å². The van der Waals surface area contributed by atoms with Gasteiger partial charge in [0.1, 0.15) is 5.75 Å². The average Bonchev–Trinajstić information content (AvgIpc) is 2.77. The quantitative estimate of drug-likeness (QED) is 0.880. The fraction of sp³-hybridized carbons (Fsp3) is 0.357. The number of para-hydroxylation sites is 2. The predicted octanol–water partition coefficient (Wildman–Crippen LogP) is 2.83. The van der Waals surface area contributed by atoms with Gasteiger partial charge in [0, 0.05) is 6.54 Å². The number of ether oxygens (including phenoxy) is 1. The number of anilines is 1. The third-order valence-corrected chi connectivity index (χ3v) is 2.85. The fourth-order valence-corrected chi connectivity index (χ4v) is 1.99. The van der Waals surface area contributed by atoms with Crippen molar-refractivity contribution in [2.45, 2.75) is 26.9 Å². The summed E-state index contributed by atoms with van der Waals surface area (Å²) in [4.78, 5) is 0. The van der Waals surface area contributed by atoms with Gasteiger partial charge in [-0.1, -0.05) is 12.1 Å². The van der Waals surface area contributed by atoms with Crippen molar-refractivity contribution in [2.24, 2.45) is 0 Å². The zero-order chi connectivity index (χ0) is 13.0. The van der Waals surface area contributed by atoms with Crippen LogP contribution in [0.3, 0.4) is 0 Å². The highest BCUT2D eigenvalue weighted by Gasteiger charge is 2.05. The van der Waals surface area contributed by atoms with Crippen molar-refractivity contribution in [3.05, 3.63) is 41.7 Å². The van der Waals surface area contributed by atoms with Gasteiger partial charge >= 0.3 is 0 Å². The first-order chi connectivity index (χ1) is 8.74. The molecule has 1 heterocycles. The SMILES string of the molecule is CCn1nc(C)cc1CNc1ccccc1OC. The molecule has 4 nitrogen and oxygen atoms in total. The van der Waals surface area contributed by atoms with Crippen LogP contribution in [0.5, 0.6) is 5.75 Å². The normalized spacial score (nSPS) is 10.4. The maximum atomic E-state index is 5.31. The second-order valence-corrected chi connectivity index (χ2v) is 4.15. The van der Waals surface area contributed by atoms with E-state index in [1.165, 1.54) is 5.69 Å². The topological polar surface area (TPSA) is 39.1 Å². The maximum Gasteiger partial charge on any atom is 0.141 e. The van der Waals surface area contributed by atoms with Gasteiger partial charge in [-0.05, 0) is 32.0 Å². The molecule has 0 fully saturated rings. The summed E-state index contributed by atoms with van der Waals surface area (Å²) in [5.74, 6) is 0.858. The van der Waals surface area contributed by atoms with E-state index in [0.717, 1.165) is 30.2 Å². The minimum Gasteiger partial charge on any atom is -0.495 e. The van der Waals surface area contributed by atoms with Crippen LogP contribution in [0.4, 0.5) is 5.69 Å². The van der Waals surface area contributed by atoms with Crippen LogP contribution in [-0.2, 0) is 13.1 Å². The number of hydrogen-bond donors (Lipinski definition) is 1. The lowest BCUT2D eigenvalue weighted by Crippen LogP contribution is -2.08. The van der Waals surface area contributed by atoms with Crippen molar-refractivity contribution in [3.8, 4) is 5.75 Å². The van der Waals surface area contributed by atoms with E-state index in [4.69, 9.17) is 4.74 Å². The number of hydrogen-bond acceptors (Lipinski definition) is 3. The number of aryl methyl sites for hydroxylation is 2. The van der Waals surface area contributed by atoms with E-state index in [2.05, 4.69) is 23.4 Å². The third-order valence-electron chi connectivity index (χ3n) is 2.85. The monoisotopic (exact) mass is 245 g/mol. The molecular weight excluding hydrogens is 226 g/mol. The molecule has 0 aliphatic rings. The molecule has 1 N–H and O–H groups in total. The fourth-order valence-electron chi connectivity index (χ4n) is 1.99. The molecule has 0 atom stereocenters. The smallest absolute Gasteiger partial charge is 0.141 e. The van der Waals surface area contributed by atoms with Gasteiger partial charge in [0.15, 0.2) is 0 Å². The average molecular weight is 245 g/mol. The van der Waals surface area contributed by atoms with Crippen LogP contribution in [0.15, 0.2) is 30.3 Å².